The molecule has 0 aliphatic carbocycles. The minimum absolute atomic E-state index is 0.465. The van der Waals surface area contributed by atoms with Gasteiger partial charge < -0.3 is 24.1 Å². The van der Waals surface area contributed by atoms with Crippen LogP contribution in [0.4, 0.5) is 0 Å². The molecule has 0 saturated carbocycles. The molecule has 1 aliphatic heterocycles. The Hall–Kier alpha value is -2.16. The van der Waals surface area contributed by atoms with Crippen LogP contribution in [0.5, 0.6) is 0 Å². The average Bonchev–Trinajstić information content (AvgIpc) is 2.36. The van der Waals surface area contributed by atoms with Gasteiger partial charge in [-0.15, -0.1) is 0 Å². The van der Waals surface area contributed by atoms with Crippen LogP contribution in [0, 0.1) is 0 Å². The van der Waals surface area contributed by atoms with Crippen molar-refractivity contribution in [3.05, 3.63) is 0 Å². The minimum atomic E-state index is -1.20. The van der Waals surface area contributed by atoms with Gasteiger partial charge in [-0.05, 0) is 6.92 Å². The predicted octanol–water partition coefficient (Wildman–Crippen LogP) is 0.0435. The largest absolute Gasteiger partial charge is 0.481 e. The average molecular weight is 332 g/mol. The summed E-state index contributed by atoms with van der Waals surface area (Å²) in [4.78, 5) is 44.9. The highest BCUT2D eigenvalue weighted by Crippen LogP contribution is 2.30. The van der Waals surface area contributed by atoms with Crippen molar-refractivity contribution in [2.45, 2.75) is 64.6 Å². The second-order valence-electron chi connectivity index (χ2n) is 5.20. The van der Waals surface area contributed by atoms with Crippen LogP contribution in [-0.4, -0.2) is 59.5 Å². The number of carbonyl (C=O) groups excluding carboxylic acids is 3. The van der Waals surface area contributed by atoms with Gasteiger partial charge in [0, 0.05) is 20.8 Å². The number of esters is 3. The molecule has 0 spiro atoms. The maximum Gasteiger partial charge on any atom is 0.306 e. The van der Waals surface area contributed by atoms with Crippen LogP contribution in [0.3, 0.4) is 0 Å². The molecule has 0 amide bonds. The third kappa shape index (κ3) is 5.51. The van der Waals surface area contributed by atoms with E-state index in [9.17, 15) is 19.2 Å². The fraction of sp³-hybridized carbons (Fsp3) is 0.714. The summed E-state index contributed by atoms with van der Waals surface area (Å²) in [6, 6.07) is 0. The normalized spacial score (nSPS) is 30.2. The number of carboxylic acids is 1. The highest BCUT2D eigenvalue weighted by molar-refractivity contribution is 5.69. The Kier molecular flexibility index (Phi) is 6.49. The third-order valence-electron chi connectivity index (χ3n) is 3.15. The fourth-order valence-electron chi connectivity index (χ4n) is 2.45. The lowest BCUT2D eigenvalue weighted by Gasteiger charge is -2.43. The molecule has 0 unspecified atom stereocenters. The molecule has 5 atom stereocenters. The van der Waals surface area contributed by atoms with Crippen molar-refractivity contribution in [3.8, 4) is 0 Å². The second-order valence-corrected chi connectivity index (χ2v) is 5.20. The molecule has 1 fully saturated rings. The Balaban J connectivity index is 3.15. The molecule has 0 radical (unpaired) electrons. The topological polar surface area (TPSA) is 125 Å². The van der Waals surface area contributed by atoms with E-state index in [0.717, 1.165) is 13.8 Å². The Morgan fingerprint density at radius 1 is 0.870 bits per heavy atom. The van der Waals surface area contributed by atoms with E-state index in [-0.39, 0.29) is 0 Å². The first-order chi connectivity index (χ1) is 10.6. The molecular formula is C14H20O9. The maximum atomic E-state index is 11.3. The van der Waals surface area contributed by atoms with Gasteiger partial charge in [-0.3, -0.25) is 19.2 Å². The molecule has 1 rings (SSSR count). The number of carboxylic acid groups (broad SMARTS) is 1. The molecule has 0 aromatic carbocycles. The molecule has 9 heteroatoms. The van der Waals surface area contributed by atoms with Gasteiger partial charge in [0.1, 0.15) is 6.10 Å². The van der Waals surface area contributed by atoms with Crippen LogP contribution in [0.2, 0.25) is 0 Å². The summed E-state index contributed by atoms with van der Waals surface area (Å²) in [5.74, 6) is -3.21. The first-order valence-electron chi connectivity index (χ1n) is 7.00. The Labute approximate surface area is 132 Å². The minimum Gasteiger partial charge on any atom is -0.481 e. The van der Waals surface area contributed by atoms with Crippen molar-refractivity contribution >= 4 is 23.9 Å². The molecule has 130 valence electrons. The molecule has 23 heavy (non-hydrogen) atoms. The van der Waals surface area contributed by atoms with Crippen molar-refractivity contribution < 1.29 is 43.2 Å². The zero-order valence-corrected chi connectivity index (χ0v) is 13.3. The summed E-state index contributed by atoms with van der Waals surface area (Å²) in [6.07, 6.45) is -5.64. The summed E-state index contributed by atoms with van der Waals surface area (Å²) in [5, 5.41) is 8.97. The zero-order chi connectivity index (χ0) is 17.7. The van der Waals surface area contributed by atoms with Crippen molar-refractivity contribution in [1.29, 1.82) is 0 Å². The third-order valence-corrected chi connectivity index (χ3v) is 3.15. The van der Waals surface area contributed by atoms with Crippen LogP contribution in [0.1, 0.15) is 34.1 Å². The smallest absolute Gasteiger partial charge is 0.306 e. The van der Waals surface area contributed by atoms with E-state index in [2.05, 4.69) is 0 Å². The van der Waals surface area contributed by atoms with Gasteiger partial charge in [-0.25, -0.2) is 0 Å². The Morgan fingerprint density at radius 2 is 1.30 bits per heavy atom. The summed E-state index contributed by atoms with van der Waals surface area (Å²) in [7, 11) is 0. The maximum absolute atomic E-state index is 11.3. The van der Waals surface area contributed by atoms with Gasteiger partial charge in [0.05, 0.1) is 12.5 Å². The van der Waals surface area contributed by atoms with E-state index in [1.807, 2.05) is 0 Å². The first kappa shape index (κ1) is 18.9. The highest BCUT2D eigenvalue weighted by atomic mass is 16.6. The molecule has 1 heterocycles. The second kappa shape index (κ2) is 7.91. The quantitative estimate of drug-likeness (QED) is 0.548. The predicted molar refractivity (Wildman–Crippen MR) is 73.2 cm³/mol. The number of ether oxygens (including phenoxy) is 4. The van der Waals surface area contributed by atoms with Gasteiger partial charge in [0.2, 0.25) is 0 Å². The monoisotopic (exact) mass is 332 g/mol. The van der Waals surface area contributed by atoms with Crippen LogP contribution in [-0.2, 0) is 38.1 Å². The Morgan fingerprint density at radius 3 is 1.74 bits per heavy atom. The number of hydrogen-bond acceptors (Lipinski definition) is 8. The molecule has 0 aromatic heterocycles. The van der Waals surface area contributed by atoms with Crippen LogP contribution in [0.25, 0.3) is 0 Å². The first-order valence-corrected chi connectivity index (χ1v) is 7.00. The molecular weight excluding hydrogens is 312 g/mol. The van der Waals surface area contributed by atoms with Crippen LogP contribution >= 0.6 is 0 Å². The highest BCUT2D eigenvalue weighted by Gasteiger charge is 2.50. The zero-order valence-electron chi connectivity index (χ0n) is 13.3. The summed E-state index contributed by atoms with van der Waals surface area (Å²) in [6.45, 7) is 4.98. The van der Waals surface area contributed by atoms with Gasteiger partial charge in [0.25, 0.3) is 0 Å². The van der Waals surface area contributed by atoms with E-state index >= 15 is 0 Å². The van der Waals surface area contributed by atoms with Crippen LogP contribution in [0.15, 0.2) is 0 Å². The lowest BCUT2D eigenvalue weighted by molar-refractivity contribution is -0.244. The number of hydrogen-bond donors (Lipinski definition) is 1. The lowest BCUT2D eigenvalue weighted by Crippen LogP contribution is -2.60. The van der Waals surface area contributed by atoms with E-state index in [0.29, 0.717) is 0 Å². The van der Waals surface area contributed by atoms with Crippen molar-refractivity contribution in [2.24, 2.45) is 0 Å². The molecule has 1 N–H and O–H groups in total. The number of carbonyl (C=O) groups is 4. The van der Waals surface area contributed by atoms with Gasteiger partial charge in [0.15, 0.2) is 18.3 Å². The molecule has 1 aliphatic rings. The van der Waals surface area contributed by atoms with E-state index < -0.39 is 60.8 Å². The van der Waals surface area contributed by atoms with Gasteiger partial charge in [-0.1, -0.05) is 0 Å². The molecule has 0 bridgehead atoms. The van der Waals surface area contributed by atoms with Gasteiger partial charge in [-0.2, -0.15) is 0 Å². The Bertz CT molecular complexity index is 487. The van der Waals surface area contributed by atoms with Crippen molar-refractivity contribution in [2.75, 3.05) is 0 Å². The molecule has 0 aromatic rings. The number of aliphatic carboxylic acids is 1. The standard InChI is InChI=1S/C14H20O9/c1-6-12(21-7(2)15)14(23-9(4)17)13(22-8(3)16)10(20-6)5-11(18)19/h6,10,12-14H,5H2,1-4H3,(H,18,19)/t6-,10+,12-,13-,14+/m0/s1. The molecule has 9 nitrogen and oxygen atoms in total. The SMILES string of the molecule is CC(=O)O[C@@H]1[C@@H](OC(C)=O)[C@H](C)O[C@H](CC(=O)O)[C@@H]1OC(C)=O. The lowest BCUT2D eigenvalue weighted by atomic mass is 9.93. The van der Waals surface area contributed by atoms with E-state index in [1.54, 1.807) is 6.92 Å². The van der Waals surface area contributed by atoms with E-state index in [4.69, 9.17) is 24.1 Å². The van der Waals surface area contributed by atoms with Crippen molar-refractivity contribution in [3.63, 3.8) is 0 Å². The van der Waals surface area contributed by atoms with E-state index in [1.165, 1.54) is 6.92 Å². The fourth-order valence-corrected chi connectivity index (χ4v) is 2.45. The summed E-state index contributed by atoms with van der Waals surface area (Å²) >= 11 is 0. The molecule has 1 saturated heterocycles. The van der Waals surface area contributed by atoms with Gasteiger partial charge >= 0.3 is 23.9 Å². The number of rotatable bonds is 5. The summed E-state index contributed by atoms with van der Waals surface area (Å²) in [5.41, 5.74) is 0. The van der Waals surface area contributed by atoms with Crippen molar-refractivity contribution in [1.82, 2.24) is 0 Å². The summed E-state index contributed by atoms with van der Waals surface area (Å²) < 4.78 is 20.8. The van der Waals surface area contributed by atoms with Crippen LogP contribution < -0.4 is 0 Å².